The van der Waals surface area contributed by atoms with Gasteiger partial charge in [0.25, 0.3) is 11.6 Å². The second-order valence-electron chi connectivity index (χ2n) is 11.7. The van der Waals surface area contributed by atoms with Crippen LogP contribution in [0.15, 0.2) is 59.0 Å². The summed E-state index contributed by atoms with van der Waals surface area (Å²) in [5.41, 5.74) is 1.48. The highest BCUT2D eigenvalue weighted by Gasteiger charge is 2.51. The van der Waals surface area contributed by atoms with Crippen LogP contribution < -0.4 is 0 Å². The highest BCUT2D eigenvalue weighted by molar-refractivity contribution is 7.89. The number of carbonyl (C=O) groups excluding carboxylic acids is 1. The fourth-order valence-electron chi connectivity index (χ4n) is 6.30. The molecule has 12 heteroatoms. The van der Waals surface area contributed by atoms with Crippen LogP contribution in [0.25, 0.3) is 0 Å². The maximum atomic E-state index is 13.5. The maximum absolute atomic E-state index is 13.5. The van der Waals surface area contributed by atoms with Gasteiger partial charge in [-0.2, -0.15) is 4.31 Å². The Bertz CT molecular complexity index is 1470. The molecule has 0 spiro atoms. The van der Waals surface area contributed by atoms with E-state index in [-0.39, 0.29) is 34.3 Å². The summed E-state index contributed by atoms with van der Waals surface area (Å²) < 4.78 is 41.2. The minimum atomic E-state index is -3.93. The summed E-state index contributed by atoms with van der Waals surface area (Å²) in [5.74, 6) is 0.577. The van der Waals surface area contributed by atoms with Crippen molar-refractivity contribution in [2.45, 2.75) is 31.6 Å². The van der Waals surface area contributed by atoms with Crippen LogP contribution in [0, 0.1) is 33.2 Å². The summed E-state index contributed by atoms with van der Waals surface area (Å²) in [6, 6.07) is 9.10. The molecule has 2 aromatic rings. The van der Waals surface area contributed by atoms with Crippen LogP contribution in [0.1, 0.15) is 37.0 Å². The zero-order chi connectivity index (χ0) is 29.5. The number of sulfonamides is 1. The molecular weight excluding hydrogens is 571 g/mol. The number of allylic oxidation sites excluding steroid dienone is 1. The molecule has 2 bridgehead atoms. The van der Waals surface area contributed by atoms with Gasteiger partial charge in [-0.05, 0) is 66.5 Å². The van der Waals surface area contributed by atoms with Gasteiger partial charge in [0, 0.05) is 57.4 Å². The van der Waals surface area contributed by atoms with Crippen molar-refractivity contribution in [3.63, 3.8) is 0 Å². The summed E-state index contributed by atoms with van der Waals surface area (Å²) in [7, 11) is -3.93. The van der Waals surface area contributed by atoms with Gasteiger partial charge in [-0.1, -0.05) is 37.1 Å². The third kappa shape index (κ3) is 5.90. The monoisotopic (exact) mass is 604 g/mol. The Hall–Kier alpha value is -2.86. The molecule has 2 atom stereocenters. The molecule has 41 heavy (non-hydrogen) atoms. The number of amides is 1. The topological polar surface area (TPSA) is 104 Å². The van der Waals surface area contributed by atoms with Crippen molar-refractivity contribution in [2.24, 2.45) is 17.3 Å². The standard InChI is InChI=1S/C29H34ClFN4O5S/c1-29(2)22-6-3-21(25(29)17-22)19-33(28(36)20-4-7-23(31)8-5-20)14-11-32-12-15-34(16-13-32)41(39,40)24-9-10-26(30)27(18-24)35(37)38/h3-5,7-10,18,22,25H,6,11-17,19H2,1-2H3. The van der Waals surface area contributed by atoms with Crippen molar-refractivity contribution >= 4 is 33.2 Å². The number of halogens is 2. The van der Waals surface area contributed by atoms with E-state index in [1.165, 1.54) is 46.3 Å². The molecule has 6 rings (SSSR count). The van der Waals surface area contributed by atoms with Gasteiger partial charge < -0.3 is 4.90 Å². The van der Waals surface area contributed by atoms with E-state index in [0.29, 0.717) is 50.1 Å². The molecule has 2 unspecified atom stereocenters. The van der Waals surface area contributed by atoms with Gasteiger partial charge in [0.15, 0.2) is 0 Å². The second-order valence-corrected chi connectivity index (χ2v) is 14.0. The van der Waals surface area contributed by atoms with Crippen molar-refractivity contribution < 1.29 is 22.5 Å². The van der Waals surface area contributed by atoms with Crippen LogP contribution in [0.4, 0.5) is 10.1 Å². The number of nitrogens with zero attached hydrogens (tertiary/aromatic N) is 4. The van der Waals surface area contributed by atoms with Crippen molar-refractivity contribution in [3.05, 3.63) is 80.6 Å². The van der Waals surface area contributed by atoms with E-state index in [1.54, 1.807) is 0 Å². The fraction of sp³-hybridized carbons (Fsp3) is 0.483. The summed E-state index contributed by atoms with van der Waals surface area (Å²) in [6.07, 6.45) is 4.44. The number of carbonyl (C=O) groups is 1. The minimum Gasteiger partial charge on any atom is -0.333 e. The number of nitro benzene ring substituents is 1. The number of rotatable bonds is 9. The predicted molar refractivity (Wildman–Crippen MR) is 154 cm³/mol. The van der Waals surface area contributed by atoms with E-state index in [9.17, 15) is 27.7 Å². The predicted octanol–water partition coefficient (Wildman–Crippen LogP) is 4.83. The lowest BCUT2D eigenvalue weighted by atomic mass is 9.49. The molecule has 4 aliphatic rings. The molecule has 2 aromatic carbocycles. The van der Waals surface area contributed by atoms with Gasteiger partial charge in [-0.15, -0.1) is 0 Å². The van der Waals surface area contributed by atoms with E-state index in [0.717, 1.165) is 18.9 Å². The summed E-state index contributed by atoms with van der Waals surface area (Å²) in [4.78, 5) is 27.8. The summed E-state index contributed by atoms with van der Waals surface area (Å²) in [6.45, 7) is 7.43. The number of hydrogen-bond acceptors (Lipinski definition) is 6. The van der Waals surface area contributed by atoms with E-state index < -0.39 is 26.5 Å². The average Bonchev–Trinajstić information content (AvgIpc) is 2.95. The first-order valence-corrected chi connectivity index (χ1v) is 15.6. The Labute approximate surface area is 244 Å². The van der Waals surface area contributed by atoms with Crippen molar-refractivity contribution in [2.75, 3.05) is 45.8 Å². The normalized spacial score (nSPS) is 22.5. The number of fused-ring (bicyclic) bond motifs is 1. The number of piperazine rings is 1. The lowest BCUT2D eigenvalue weighted by Gasteiger charge is -2.57. The first-order valence-electron chi connectivity index (χ1n) is 13.8. The smallest absolute Gasteiger partial charge is 0.289 e. The van der Waals surface area contributed by atoms with Crippen LogP contribution in [0.3, 0.4) is 0 Å². The third-order valence-corrected chi connectivity index (χ3v) is 11.3. The second kappa shape index (κ2) is 11.4. The van der Waals surface area contributed by atoms with Gasteiger partial charge in [-0.3, -0.25) is 19.8 Å². The van der Waals surface area contributed by atoms with Gasteiger partial charge in [0.2, 0.25) is 10.0 Å². The maximum Gasteiger partial charge on any atom is 0.289 e. The third-order valence-electron chi connectivity index (χ3n) is 9.10. The van der Waals surface area contributed by atoms with Crippen molar-refractivity contribution in [3.8, 4) is 0 Å². The fourth-order valence-corrected chi connectivity index (χ4v) is 7.93. The van der Waals surface area contributed by atoms with E-state index in [2.05, 4.69) is 24.8 Å². The number of nitro groups is 1. The molecule has 1 amide bonds. The molecule has 220 valence electrons. The van der Waals surface area contributed by atoms with E-state index in [1.807, 2.05) is 4.90 Å². The SMILES string of the molecule is CC1(C)C2CC=C(CN(CCN3CCN(S(=O)(=O)c4ccc(Cl)c([N+](=O)[O-])c4)CC3)C(=O)c3ccc(F)cc3)C1C2. The quantitative estimate of drug-likeness (QED) is 0.231. The van der Waals surface area contributed by atoms with Gasteiger partial charge in [0.05, 0.1) is 9.82 Å². The Morgan fingerprint density at radius 3 is 2.44 bits per heavy atom. The number of hydrogen-bond donors (Lipinski definition) is 0. The lowest BCUT2D eigenvalue weighted by Crippen LogP contribution is -2.52. The highest BCUT2D eigenvalue weighted by Crippen LogP contribution is 2.59. The molecule has 2 fully saturated rings. The van der Waals surface area contributed by atoms with Crippen molar-refractivity contribution in [1.82, 2.24) is 14.1 Å². The van der Waals surface area contributed by atoms with Crippen LogP contribution in [-0.4, -0.2) is 79.2 Å². The van der Waals surface area contributed by atoms with Gasteiger partial charge >= 0.3 is 0 Å². The Balaban J connectivity index is 1.24. The van der Waals surface area contributed by atoms with Crippen LogP contribution in [0.5, 0.6) is 0 Å². The summed E-state index contributed by atoms with van der Waals surface area (Å²) >= 11 is 5.86. The molecule has 1 saturated heterocycles. The lowest BCUT2D eigenvalue weighted by molar-refractivity contribution is -0.384. The summed E-state index contributed by atoms with van der Waals surface area (Å²) in [5, 5.41) is 11.1. The van der Waals surface area contributed by atoms with Gasteiger partial charge in [0.1, 0.15) is 10.8 Å². The molecular formula is C29H34ClFN4O5S. The number of benzene rings is 2. The molecule has 0 radical (unpaired) electrons. The van der Waals surface area contributed by atoms with E-state index >= 15 is 0 Å². The highest BCUT2D eigenvalue weighted by atomic mass is 35.5. The first kappa shape index (κ1) is 29.6. The van der Waals surface area contributed by atoms with Crippen LogP contribution >= 0.6 is 11.6 Å². The molecule has 0 aromatic heterocycles. The molecule has 1 saturated carbocycles. The first-order chi connectivity index (χ1) is 19.4. The Morgan fingerprint density at radius 2 is 1.83 bits per heavy atom. The minimum absolute atomic E-state index is 0.122. The largest absolute Gasteiger partial charge is 0.333 e. The Kier molecular flexibility index (Phi) is 8.26. The average molecular weight is 605 g/mol. The molecule has 3 aliphatic carbocycles. The molecule has 1 heterocycles. The van der Waals surface area contributed by atoms with Crippen LogP contribution in [0.2, 0.25) is 5.02 Å². The van der Waals surface area contributed by atoms with Crippen molar-refractivity contribution in [1.29, 1.82) is 0 Å². The van der Waals surface area contributed by atoms with E-state index in [4.69, 9.17) is 11.6 Å². The molecule has 0 N–H and O–H groups in total. The molecule has 9 nitrogen and oxygen atoms in total. The zero-order valence-corrected chi connectivity index (χ0v) is 24.7. The zero-order valence-electron chi connectivity index (χ0n) is 23.1. The van der Waals surface area contributed by atoms with Crippen LogP contribution in [-0.2, 0) is 10.0 Å². The molecule has 1 aliphatic heterocycles. The van der Waals surface area contributed by atoms with Gasteiger partial charge in [-0.25, -0.2) is 12.8 Å². The Morgan fingerprint density at radius 1 is 1.15 bits per heavy atom.